The van der Waals surface area contributed by atoms with E-state index in [0.717, 1.165) is 0 Å². The molecule has 0 bridgehead atoms. The fourth-order valence-corrected chi connectivity index (χ4v) is 27.6. The Hall–Kier alpha value is -2.61. The fourth-order valence-electron chi connectivity index (χ4n) is 7.27. The van der Waals surface area contributed by atoms with E-state index in [4.69, 9.17) is 0 Å². The van der Waals surface area contributed by atoms with E-state index in [-0.39, 0.29) is 13.0 Å². The van der Waals surface area contributed by atoms with E-state index >= 15 is 0 Å². The maximum absolute atomic E-state index is 2.64. The topological polar surface area (TPSA) is 0 Å². The third kappa shape index (κ3) is 5.05. The van der Waals surface area contributed by atoms with E-state index in [1.165, 1.54) is 18.5 Å². The molecular weight excluding hydrogens is 525 g/mol. The van der Waals surface area contributed by atoms with Crippen LogP contribution < -0.4 is 26.5 Å². The standard InChI is InChI=1S/C36H39P3/c1-36(29-38(2,32-20-10-4-11-21-32)33-22-12-5-13-23-33)28-37(31-18-8-3-9-19-31)39(30-36,34-24-14-6-15-25-34)35-26-16-7-17-27-35/h3-27,38-39H,28-30H2,1-2H3/t36-,37?/m1/s1. The zero-order valence-corrected chi connectivity index (χ0v) is 25.9. The fraction of sp³-hybridized carbons (Fsp3) is 0.167. The molecule has 6 rings (SSSR count). The average molecular weight is 565 g/mol. The number of hydrogen-bond acceptors (Lipinski definition) is 0. The zero-order chi connectivity index (χ0) is 26.8. The first-order valence-electron chi connectivity index (χ1n) is 14.1. The van der Waals surface area contributed by atoms with E-state index in [9.17, 15) is 0 Å². The second kappa shape index (κ2) is 11.1. The molecular formula is C36H39P3. The van der Waals surface area contributed by atoms with Gasteiger partial charge in [-0.3, -0.25) is 0 Å². The summed E-state index contributed by atoms with van der Waals surface area (Å²) in [4.78, 5) is 0. The summed E-state index contributed by atoms with van der Waals surface area (Å²) in [7, 11) is -2.36. The molecule has 3 heteroatoms. The quantitative estimate of drug-likeness (QED) is 0.184. The van der Waals surface area contributed by atoms with Crippen molar-refractivity contribution in [3.05, 3.63) is 152 Å². The average Bonchev–Trinajstić information content (AvgIpc) is 3.33. The molecule has 1 unspecified atom stereocenters. The maximum atomic E-state index is 2.64. The van der Waals surface area contributed by atoms with Gasteiger partial charge in [-0.05, 0) is 0 Å². The third-order valence-electron chi connectivity index (χ3n) is 8.86. The summed E-state index contributed by atoms with van der Waals surface area (Å²) in [5, 5.41) is 7.91. The van der Waals surface area contributed by atoms with Crippen LogP contribution in [0.3, 0.4) is 0 Å². The molecule has 5 aromatic rings. The molecule has 0 spiro atoms. The zero-order valence-electron chi connectivity index (χ0n) is 23.0. The molecule has 1 heterocycles. The first-order valence-corrected chi connectivity index (χ1v) is 21.4. The summed E-state index contributed by atoms with van der Waals surface area (Å²) in [6.07, 6.45) is 3.87. The van der Waals surface area contributed by atoms with Gasteiger partial charge in [0.1, 0.15) is 0 Å². The van der Waals surface area contributed by atoms with Crippen LogP contribution in [0.5, 0.6) is 0 Å². The van der Waals surface area contributed by atoms with Crippen LogP contribution in [0.2, 0.25) is 0 Å². The van der Waals surface area contributed by atoms with E-state index in [1.807, 2.05) is 0 Å². The molecule has 5 aromatic carbocycles. The Balaban J connectivity index is 1.53. The Kier molecular flexibility index (Phi) is 7.58. The summed E-state index contributed by atoms with van der Waals surface area (Å²) >= 11 is 0. The first kappa shape index (κ1) is 26.6. The molecule has 0 saturated carbocycles. The molecule has 0 N–H and O–H groups in total. The van der Waals surface area contributed by atoms with Gasteiger partial charge in [0.25, 0.3) is 0 Å². The summed E-state index contributed by atoms with van der Waals surface area (Å²) in [6, 6.07) is 57.7. The molecule has 1 aliphatic rings. The van der Waals surface area contributed by atoms with Crippen molar-refractivity contribution in [1.82, 2.24) is 0 Å². The molecule has 0 nitrogen and oxygen atoms in total. The Bertz CT molecular complexity index is 1410. The van der Waals surface area contributed by atoms with Gasteiger partial charge in [0.15, 0.2) is 0 Å². The van der Waals surface area contributed by atoms with Gasteiger partial charge >= 0.3 is 237 Å². The SMILES string of the molecule is C[C@]1(C[PH](C)(c2ccccc2)c2ccccc2)CP(c2ccccc2)[PH](c2ccccc2)(c2ccccc2)C1. The van der Waals surface area contributed by atoms with Crippen molar-refractivity contribution in [3.63, 3.8) is 0 Å². The predicted octanol–water partition coefficient (Wildman–Crippen LogP) is 7.16. The summed E-state index contributed by atoms with van der Waals surface area (Å²) < 4.78 is 0. The van der Waals surface area contributed by atoms with Crippen molar-refractivity contribution in [1.29, 1.82) is 0 Å². The van der Waals surface area contributed by atoms with Crippen LogP contribution in [0.4, 0.5) is 0 Å². The van der Waals surface area contributed by atoms with E-state index in [0.29, 0.717) is 0 Å². The van der Waals surface area contributed by atoms with Crippen LogP contribution in [-0.4, -0.2) is 25.2 Å². The van der Waals surface area contributed by atoms with E-state index in [2.05, 4.69) is 165 Å². The number of benzene rings is 5. The van der Waals surface area contributed by atoms with Crippen molar-refractivity contribution in [2.24, 2.45) is 5.41 Å². The Morgan fingerprint density at radius 1 is 0.590 bits per heavy atom. The van der Waals surface area contributed by atoms with Crippen molar-refractivity contribution in [2.75, 3.05) is 25.2 Å². The van der Waals surface area contributed by atoms with Gasteiger partial charge in [-0.15, -0.1) is 0 Å². The Morgan fingerprint density at radius 2 is 0.974 bits per heavy atom. The van der Waals surface area contributed by atoms with Gasteiger partial charge in [0.05, 0.1) is 0 Å². The van der Waals surface area contributed by atoms with Crippen LogP contribution in [0.25, 0.3) is 0 Å². The molecule has 39 heavy (non-hydrogen) atoms. The molecule has 0 amide bonds. The van der Waals surface area contributed by atoms with Gasteiger partial charge < -0.3 is 0 Å². The van der Waals surface area contributed by atoms with Crippen LogP contribution in [0.1, 0.15) is 6.92 Å². The summed E-state index contributed by atoms with van der Waals surface area (Å²) in [5.41, 5.74) is 0.256. The van der Waals surface area contributed by atoms with Gasteiger partial charge in [-0.2, -0.15) is 0 Å². The predicted molar refractivity (Wildman–Crippen MR) is 183 cm³/mol. The Labute approximate surface area is 236 Å². The van der Waals surface area contributed by atoms with Gasteiger partial charge in [-0.25, -0.2) is 0 Å². The van der Waals surface area contributed by atoms with Crippen LogP contribution in [0.15, 0.2) is 152 Å². The molecule has 0 aromatic heterocycles. The minimum absolute atomic E-state index is 0.256. The molecule has 2 atom stereocenters. The first-order chi connectivity index (χ1) is 19.0. The van der Waals surface area contributed by atoms with Crippen molar-refractivity contribution < 1.29 is 0 Å². The van der Waals surface area contributed by atoms with Crippen molar-refractivity contribution >= 4 is 48.3 Å². The van der Waals surface area contributed by atoms with Crippen LogP contribution in [-0.2, 0) is 0 Å². The third-order valence-corrected chi connectivity index (χ3v) is 26.5. The van der Waals surface area contributed by atoms with Gasteiger partial charge in [0, 0.05) is 0 Å². The normalized spacial score (nSPS) is 21.7. The van der Waals surface area contributed by atoms with E-state index < -0.39 is 14.2 Å². The molecule has 1 aliphatic heterocycles. The second-order valence-corrected chi connectivity index (χ2v) is 24.7. The molecule has 0 aliphatic carbocycles. The van der Waals surface area contributed by atoms with Crippen LogP contribution in [0, 0.1) is 5.41 Å². The molecule has 198 valence electrons. The Morgan fingerprint density at radius 3 is 1.41 bits per heavy atom. The molecule has 1 fully saturated rings. The summed E-state index contributed by atoms with van der Waals surface area (Å²) in [6.45, 7) is 3.16. The minimum atomic E-state index is -2.10. The summed E-state index contributed by atoms with van der Waals surface area (Å²) in [5.74, 6) is 0. The molecule has 0 radical (unpaired) electrons. The van der Waals surface area contributed by atoms with Crippen molar-refractivity contribution in [3.8, 4) is 0 Å². The number of rotatable bonds is 7. The van der Waals surface area contributed by atoms with Crippen LogP contribution >= 0.6 is 21.8 Å². The van der Waals surface area contributed by atoms with Crippen molar-refractivity contribution in [2.45, 2.75) is 6.92 Å². The van der Waals surface area contributed by atoms with Gasteiger partial charge in [0.2, 0.25) is 0 Å². The molecule has 1 saturated heterocycles. The number of hydrogen-bond donors (Lipinski definition) is 0. The second-order valence-electron chi connectivity index (χ2n) is 11.7. The van der Waals surface area contributed by atoms with E-state index in [1.54, 1.807) is 26.5 Å². The van der Waals surface area contributed by atoms with Gasteiger partial charge in [-0.1, -0.05) is 0 Å². The monoisotopic (exact) mass is 564 g/mol.